The molecular weight excluding hydrogens is 402 g/mol. The molecule has 0 fully saturated rings. The van der Waals surface area contributed by atoms with Crippen molar-refractivity contribution in [1.82, 2.24) is 14.4 Å². The average molecular weight is 417 g/mol. The van der Waals surface area contributed by atoms with Gasteiger partial charge in [-0.25, -0.2) is 9.82 Å². The van der Waals surface area contributed by atoms with Crippen LogP contribution in [0.4, 0.5) is 5.69 Å². The van der Waals surface area contributed by atoms with E-state index in [9.17, 15) is 18.5 Å². The Morgan fingerprint density at radius 3 is 2.64 bits per heavy atom. The lowest BCUT2D eigenvalue weighted by Gasteiger charge is -2.05. The maximum atomic E-state index is 12.1. The Morgan fingerprint density at radius 2 is 2.00 bits per heavy atom. The quantitative estimate of drug-likeness (QED) is 0.359. The first kappa shape index (κ1) is 19.6. The molecule has 0 aliphatic heterocycles. The van der Waals surface area contributed by atoms with Crippen LogP contribution in [0, 0.1) is 10.1 Å². The molecule has 2 aromatic carbocycles. The topological polar surface area (TPSA) is 119 Å². The van der Waals surface area contributed by atoms with E-state index in [-0.39, 0.29) is 10.6 Å². The number of imidazole rings is 1. The first-order valence-electron chi connectivity index (χ1n) is 7.90. The number of hydrogen-bond acceptors (Lipinski definition) is 7. The predicted molar refractivity (Wildman–Crippen MR) is 105 cm³/mol. The fraction of sp³-hybridized carbons (Fsp3) is 0.0588. The third-order valence-corrected chi connectivity index (χ3v) is 5.98. The highest BCUT2D eigenvalue weighted by molar-refractivity contribution is 7.99. The van der Waals surface area contributed by atoms with Crippen LogP contribution in [-0.2, 0) is 17.1 Å². The number of sulfonamides is 1. The molecule has 0 atom stereocenters. The number of hydrogen-bond donors (Lipinski definition) is 1. The monoisotopic (exact) mass is 417 g/mol. The Hall–Kier alpha value is -3.18. The van der Waals surface area contributed by atoms with Crippen molar-refractivity contribution < 1.29 is 13.3 Å². The summed E-state index contributed by atoms with van der Waals surface area (Å²) in [6, 6.07) is 12.3. The van der Waals surface area contributed by atoms with E-state index < -0.39 is 14.9 Å². The molecule has 0 spiro atoms. The number of benzene rings is 2. The second kappa shape index (κ2) is 8.23. The molecule has 3 rings (SSSR count). The van der Waals surface area contributed by atoms with Gasteiger partial charge in [0.15, 0.2) is 5.16 Å². The van der Waals surface area contributed by atoms with Gasteiger partial charge in [-0.2, -0.15) is 13.5 Å². The Labute approximate surface area is 165 Å². The lowest BCUT2D eigenvalue weighted by molar-refractivity contribution is -0.387. The lowest BCUT2D eigenvalue weighted by atomic mass is 10.2. The number of nitrogens with one attached hydrogen (secondary N) is 1. The minimum absolute atomic E-state index is 0.0694. The van der Waals surface area contributed by atoms with E-state index >= 15 is 0 Å². The van der Waals surface area contributed by atoms with Crippen molar-refractivity contribution in [2.45, 2.75) is 14.9 Å². The second-order valence-corrected chi connectivity index (χ2v) is 8.24. The summed E-state index contributed by atoms with van der Waals surface area (Å²) in [5, 5.41) is 15.7. The smallest absolute Gasteiger partial charge is 0.283 e. The second-order valence-electron chi connectivity index (χ2n) is 5.57. The van der Waals surface area contributed by atoms with E-state index in [0.29, 0.717) is 15.6 Å². The number of nitro benzene ring substituents is 1. The van der Waals surface area contributed by atoms with Crippen molar-refractivity contribution in [3.8, 4) is 0 Å². The summed E-state index contributed by atoms with van der Waals surface area (Å²) in [6.07, 6.45) is 4.56. The third kappa shape index (κ3) is 4.56. The molecular formula is C17H15N5O4S2. The van der Waals surface area contributed by atoms with Crippen LogP contribution in [0.2, 0.25) is 0 Å². The molecule has 1 aromatic heterocycles. The number of nitrogens with zero attached hydrogens (tertiary/aromatic N) is 4. The fourth-order valence-corrected chi connectivity index (χ4v) is 3.92. The molecule has 0 bridgehead atoms. The maximum absolute atomic E-state index is 12.1. The van der Waals surface area contributed by atoms with Gasteiger partial charge in [-0.1, -0.05) is 24.3 Å². The van der Waals surface area contributed by atoms with Crippen molar-refractivity contribution in [1.29, 1.82) is 0 Å². The Kier molecular flexibility index (Phi) is 5.76. The van der Waals surface area contributed by atoms with Gasteiger partial charge in [0.25, 0.3) is 15.7 Å². The van der Waals surface area contributed by atoms with Crippen LogP contribution in [0.5, 0.6) is 0 Å². The third-order valence-electron chi connectivity index (χ3n) is 3.60. The van der Waals surface area contributed by atoms with Crippen LogP contribution in [0.25, 0.3) is 0 Å². The van der Waals surface area contributed by atoms with E-state index in [2.05, 4.69) is 14.9 Å². The summed E-state index contributed by atoms with van der Waals surface area (Å²) in [4.78, 5) is 17.6. The zero-order valence-corrected chi connectivity index (χ0v) is 16.2. The largest absolute Gasteiger partial charge is 0.329 e. The van der Waals surface area contributed by atoms with Crippen LogP contribution in [0.3, 0.4) is 0 Å². The van der Waals surface area contributed by atoms with Gasteiger partial charge < -0.3 is 4.57 Å². The summed E-state index contributed by atoms with van der Waals surface area (Å²) < 4.78 is 26.0. The van der Waals surface area contributed by atoms with Crippen LogP contribution in [-0.4, -0.2) is 29.1 Å². The van der Waals surface area contributed by atoms with Crippen molar-refractivity contribution in [2.75, 3.05) is 0 Å². The molecule has 0 unspecified atom stereocenters. The van der Waals surface area contributed by atoms with Gasteiger partial charge >= 0.3 is 0 Å². The highest BCUT2D eigenvalue weighted by atomic mass is 32.2. The average Bonchev–Trinajstić information content (AvgIpc) is 3.08. The lowest BCUT2D eigenvalue weighted by Crippen LogP contribution is -2.18. The van der Waals surface area contributed by atoms with E-state index in [1.54, 1.807) is 54.3 Å². The molecule has 1 N–H and O–H groups in total. The Bertz CT molecular complexity index is 1130. The summed E-state index contributed by atoms with van der Waals surface area (Å²) in [7, 11) is -2.01. The molecule has 0 saturated carbocycles. The van der Waals surface area contributed by atoms with Gasteiger partial charge in [-0.05, 0) is 30.0 Å². The molecule has 9 nitrogen and oxygen atoms in total. The summed E-state index contributed by atoms with van der Waals surface area (Å²) in [6.45, 7) is 0. The fourth-order valence-electron chi connectivity index (χ4n) is 2.21. The molecule has 11 heteroatoms. The molecule has 144 valence electrons. The number of hydrazone groups is 1. The molecule has 28 heavy (non-hydrogen) atoms. The van der Waals surface area contributed by atoms with E-state index in [0.717, 1.165) is 11.8 Å². The molecule has 0 radical (unpaired) electrons. The molecule has 0 amide bonds. The minimum atomic E-state index is -3.80. The van der Waals surface area contributed by atoms with E-state index in [1.165, 1.54) is 24.4 Å². The van der Waals surface area contributed by atoms with Crippen molar-refractivity contribution >= 4 is 33.7 Å². The van der Waals surface area contributed by atoms with Gasteiger partial charge in [0.2, 0.25) is 0 Å². The summed E-state index contributed by atoms with van der Waals surface area (Å²) >= 11 is 1.16. The standard InChI is InChI=1S/C17H15N5O4S2/c1-21-10-9-18-17(21)27-16-8-7-13(11-15(16)22(23)24)12-19-20-28(25,26)14-5-3-2-4-6-14/h2-12,20H,1H3/b19-12+. The SMILES string of the molecule is Cn1ccnc1Sc1ccc(/C=N/NS(=O)(=O)c2ccccc2)cc1[N+](=O)[O-]. The van der Waals surface area contributed by atoms with Crippen molar-refractivity contribution in [3.63, 3.8) is 0 Å². The van der Waals surface area contributed by atoms with Gasteiger partial charge in [-0.3, -0.25) is 10.1 Å². The molecule has 0 aliphatic carbocycles. The maximum Gasteiger partial charge on any atom is 0.283 e. The zero-order chi connectivity index (χ0) is 20.1. The first-order chi connectivity index (χ1) is 13.4. The first-order valence-corrected chi connectivity index (χ1v) is 10.2. The van der Waals surface area contributed by atoms with Crippen molar-refractivity contribution in [2.24, 2.45) is 12.1 Å². The van der Waals surface area contributed by atoms with E-state index in [1.807, 2.05) is 0 Å². The van der Waals surface area contributed by atoms with E-state index in [4.69, 9.17) is 0 Å². The predicted octanol–water partition coefficient (Wildman–Crippen LogP) is 2.79. The number of rotatable bonds is 7. The number of nitro groups is 1. The molecule has 1 heterocycles. The molecule has 0 aliphatic rings. The van der Waals surface area contributed by atoms with Gasteiger partial charge in [-0.15, -0.1) is 0 Å². The van der Waals surface area contributed by atoms with Gasteiger partial charge in [0.1, 0.15) is 0 Å². The Morgan fingerprint density at radius 1 is 1.25 bits per heavy atom. The van der Waals surface area contributed by atoms with Crippen LogP contribution in [0.15, 0.2) is 81.0 Å². The summed E-state index contributed by atoms with van der Waals surface area (Å²) in [5.74, 6) is 0. The summed E-state index contributed by atoms with van der Waals surface area (Å²) in [5.41, 5.74) is 0.259. The normalized spacial score (nSPS) is 11.6. The zero-order valence-electron chi connectivity index (χ0n) is 14.6. The Balaban J connectivity index is 1.79. The molecule has 0 saturated heterocycles. The number of aryl methyl sites for hydroxylation is 1. The van der Waals surface area contributed by atoms with Gasteiger partial charge in [0.05, 0.1) is 20.9 Å². The highest BCUT2D eigenvalue weighted by Crippen LogP contribution is 2.34. The molecule has 3 aromatic rings. The van der Waals surface area contributed by atoms with Gasteiger partial charge in [0, 0.05) is 31.1 Å². The number of aromatic nitrogens is 2. The van der Waals surface area contributed by atoms with Crippen LogP contribution < -0.4 is 4.83 Å². The van der Waals surface area contributed by atoms with Crippen molar-refractivity contribution in [3.05, 3.63) is 76.6 Å². The highest BCUT2D eigenvalue weighted by Gasteiger charge is 2.17. The van der Waals surface area contributed by atoms with Crippen LogP contribution in [0.1, 0.15) is 5.56 Å². The minimum Gasteiger partial charge on any atom is -0.329 e. The van der Waals surface area contributed by atoms with Crippen LogP contribution >= 0.6 is 11.8 Å².